The molecule has 0 unspecified atom stereocenters. The molecule has 0 aliphatic carbocycles. The molecule has 0 aromatic rings. The zero-order chi connectivity index (χ0) is 6.50. The molecule has 0 fully saturated rings. The zero-order valence-corrected chi connectivity index (χ0v) is 10.6. The average Bonchev–Trinajstić information content (AvgIpc) is 1.36. The minimum atomic E-state index is -4.67. The number of hydrogen-bond donors (Lipinski definition) is 2. The molecule has 8 heavy (non-hydrogen) atoms. The molecule has 8 heteroatoms. The van der Waals surface area contributed by atoms with E-state index < -0.39 is 10.4 Å². The summed E-state index contributed by atoms with van der Waals surface area (Å²) in [6, 6.07) is 0. The summed E-state index contributed by atoms with van der Waals surface area (Å²) in [6.45, 7) is 0. The summed E-state index contributed by atoms with van der Waals surface area (Å²) in [5, 5.41) is 0. The SMILES string of the molecule is O=S(=O)(O)O.[Ba+2].[H-].[H-].[O]=[Ti]. The van der Waals surface area contributed by atoms with Crippen molar-refractivity contribution in [2.75, 3.05) is 0 Å². The van der Waals surface area contributed by atoms with E-state index in [-0.39, 0.29) is 51.7 Å². The van der Waals surface area contributed by atoms with E-state index in [1.165, 1.54) is 0 Å². The van der Waals surface area contributed by atoms with Gasteiger partial charge in [0, 0.05) is 0 Å². The van der Waals surface area contributed by atoms with Crippen molar-refractivity contribution in [2.24, 2.45) is 0 Å². The van der Waals surface area contributed by atoms with Crippen molar-refractivity contribution in [3.05, 3.63) is 0 Å². The molecule has 0 aliphatic rings. The average molecular weight is 301 g/mol. The van der Waals surface area contributed by atoms with Crippen LogP contribution in [-0.2, 0) is 34.1 Å². The van der Waals surface area contributed by atoms with Crippen molar-refractivity contribution in [1.29, 1.82) is 0 Å². The predicted molar refractivity (Wildman–Crippen MR) is 22.8 cm³/mol. The van der Waals surface area contributed by atoms with E-state index in [0.717, 1.165) is 20.4 Å². The van der Waals surface area contributed by atoms with Crippen molar-refractivity contribution < 1.29 is 44.1 Å². The number of rotatable bonds is 0. The molecule has 0 bridgehead atoms. The fraction of sp³-hybridized carbons (Fsp3) is 0. The maximum absolute atomic E-state index is 8.74. The quantitative estimate of drug-likeness (QED) is 0.445. The Bertz CT molecular complexity index is 114. The van der Waals surface area contributed by atoms with E-state index in [4.69, 9.17) is 20.8 Å². The van der Waals surface area contributed by atoms with E-state index in [1.807, 2.05) is 0 Å². The molecule has 0 amide bonds. The van der Waals surface area contributed by atoms with Crippen LogP contribution >= 0.6 is 0 Å². The maximum atomic E-state index is 8.74. The van der Waals surface area contributed by atoms with Crippen LogP contribution in [0.5, 0.6) is 0 Å². The second-order valence-corrected chi connectivity index (χ2v) is 1.34. The van der Waals surface area contributed by atoms with E-state index in [1.54, 1.807) is 0 Å². The minimum absolute atomic E-state index is 0. The standard InChI is InChI=1S/Ba.H2O4S.O.Ti.2H/c;1-5(2,3)4;;;;/h;(H2,1,2,3,4);;;;/q+2;;;;2*-1. The van der Waals surface area contributed by atoms with E-state index in [9.17, 15) is 0 Å². The third-order valence-corrected chi connectivity index (χ3v) is 0. The summed E-state index contributed by atoms with van der Waals surface area (Å²) in [5.41, 5.74) is 0. The third-order valence-electron chi connectivity index (χ3n) is 0. The van der Waals surface area contributed by atoms with Gasteiger partial charge in [-0.15, -0.1) is 0 Å². The van der Waals surface area contributed by atoms with Gasteiger partial charge in [0.05, 0.1) is 0 Å². The monoisotopic (exact) mass is 302 g/mol. The Hall–Kier alpha value is 1.96. The van der Waals surface area contributed by atoms with Gasteiger partial charge in [0.25, 0.3) is 0 Å². The third kappa shape index (κ3) is 101. The molecule has 2 N–H and O–H groups in total. The molecule has 0 aromatic heterocycles. The first kappa shape index (κ1) is 16.5. The Morgan fingerprint density at radius 1 is 1.25 bits per heavy atom. The summed E-state index contributed by atoms with van der Waals surface area (Å²) in [4.78, 5) is 0. The van der Waals surface area contributed by atoms with Crippen molar-refractivity contribution in [3.63, 3.8) is 0 Å². The van der Waals surface area contributed by atoms with Gasteiger partial charge >= 0.3 is 83.0 Å². The van der Waals surface area contributed by atoms with E-state index >= 15 is 0 Å². The van der Waals surface area contributed by atoms with Crippen LogP contribution in [0.2, 0.25) is 0 Å². The van der Waals surface area contributed by atoms with Crippen LogP contribution in [-0.4, -0.2) is 66.4 Å². The predicted octanol–water partition coefficient (Wildman–Crippen LogP) is -0.930. The van der Waals surface area contributed by atoms with Gasteiger partial charge in [-0.25, -0.2) is 0 Å². The first-order valence-electron chi connectivity index (χ1n) is 0.903. The Labute approximate surface area is 102 Å². The summed E-state index contributed by atoms with van der Waals surface area (Å²) >= 11 is 0.750. The molecule has 0 rings (SSSR count). The normalized spacial score (nSPS) is 7.62. The fourth-order valence-corrected chi connectivity index (χ4v) is 0. The van der Waals surface area contributed by atoms with Crippen LogP contribution in [0.1, 0.15) is 2.85 Å². The van der Waals surface area contributed by atoms with Gasteiger partial charge in [-0.05, 0) is 0 Å². The van der Waals surface area contributed by atoms with Gasteiger partial charge in [-0.3, -0.25) is 9.11 Å². The van der Waals surface area contributed by atoms with E-state index in [2.05, 4.69) is 0 Å². The summed E-state index contributed by atoms with van der Waals surface area (Å²) in [7, 11) is -4.67. The number of hydrogen-bond acceptors (Lipinski definition) is 3. The molecule has 5 nitrogen and oxygen atoms in total. The summed E-state index contributed by atoms with van der Waals surface area (Å²) in [6.07, 6.45) is 0. The molecular formula is H4BaO5STi. The molecule has 0 aliphatic heterocycles. The Kier molecular flexibility index (Phi) is 18.5. The topological polar surface area (TPSA) is 91.7 Å². The van der Waals surface area contributed by atoms with Gasteiger partial charge < -0.3 is 2.85 Å². The Morgan fingerprint density at radius 3 is 1.25 bits per heavy atom. The molecule has 0 aromatic carbocycles. The molecule has 0 atom stereocenters. The van der Waals surface area contributed by atoms with Crippen LogP contribution in [0.3, 0.4) is 0 Å². The Balaban J connectivity index is -0.0000000154. The van der Waals surface area contributed by atoms with Crippen molar-refractivity contribution >= 4 is 59.3 Å². The van der Waals surface area contributed by atoms with Crippen LogP contribution in [0, 0.1) is 0 Å². The van der Waals surface area contributed by atoms with Gasteiger partial charge in [-0.2, -0.15) is 8.42 Å². The van der Waals surface area contributed by atoms with Crippen LogP contribution in [0.25, 0.3) is 0 Å². The first-order valence-corrected chi connectivity index (χ1v) is 2.94. The Morgan fingerprint density at radius 2 is 1.25 bits per heavy atom. The van der Waals surface area contributed by atoms with Crippen LogP contribution < -0.4 is 0 Å². The van der Waals surface area contributed by atoms with Crippen molar-refractivity contribution in [3.8, 4) is 0 Å². The van der Waals surface area contributed by atoms with Crippen molar-refractivity contribution in [1.82, 2.24) is 0 Å². The summed E-state index contributed by atoms with van der Waals surface area (Å²) < 4.78 is 39.8. The van der Waals surface area contributed by atoms with Gasteiger partial charge in [0.15, 0.2) is 0 Å². The summed E-state index contributed by atoms with van der Waals surface area (Å²) in [5.74, 6) is 0. The molecular weight excluding hydrogens is 297 g/mol. The van der Waals surface area contributed by atoms with Gasteiger partial charge in [0.1, 0.15) is 0 Å². The van der Waals surface area contributed by atoms with Crippen LogP contribution in [0.15, 0.2) is 0 Å². The van der Waals surface area contributed by atoms with Gasteiger partial charge in [-0.1, -0.05) is 0 Å². The molecule has 0 spiro atoms. The molecule has 46 valence electrons. The molecule has 0 radical (unpaired) electrons. The molecule has 0 heterocycles. The van der Waals surface area contributed by atoms with Crippen LogP contribution in [0.4, 0.5) is 0 Å². The fourth-order valence-electron chi connectivity index (χ4n) is 0. The molecule has 0 saturated heterocycles. The second-order valence-electron chi connectivity index (χ2n) is 0.448. The van der Waals surface area contributed by atoms with Crippen molar-refractivity contribution in [2.45, 2.75) is 0 Å². The second kappa shape index (κ2) is 8.96. The first-order chi connectivity index (χ1) is 3.00. The van der Waals surface area contributed by atoms with E-state index in [0.29, 0.717) is 0 Å². The molecule has 0 saturated carbocycles. The zero-order valence-electron chi connectivity index (χ0n) is 5.73. The van der Waals surface area contributed by atoms with Gasteiger partial charge in [0.2, 0.25) is 0 Å².